The summed E-state index contributed by atoms with van der Waals surface area (Å²) in [5.41, 5.74) is 3.04. The number of hydrogen-bond acceptors (Lipinski definition) is 2. The highest BCUT2D eigenvalue weighted by molar-refractivity contribution is 5.27. The topological polar surface area (TPSA) is 12.5 Å². The summed E-state index contributed by atoms with van der Waals surface area (Å²) in [5.74, 6) is 1.82. The van der Waals surface area contributed by atoms with Crippen molar-refractivity contribution in [3.63, 3.8) is 0 Å². The van der Waals surface area contributed by atoms with Crippen LogP contribution >= 0.6 is 0 Å². The Balaban J connectivity index is 1.34. The lowest BCUT2D eigenvalue weighted by Crippen LogP contribution is -2.35. The Morgan fingerprint density at radius 2 is 1.60 bits per heavy atom. The van der Waals surface area contributed by atoms with Gasteiger partial charge in [-0.05, 0) is 74.4 Å². The number of hydrogen-bond donors (Lipinski definition) is 0. The summed E-state index contributed by atoms with van der Waals surface area (Å²) >= 11 is 0. The van der Waals surface area contributed by atoms with Crippen molar-refractivity contribution in [2.75, 3.05) is 26.2 Å². The minimum atomic E-state index is 0.822. The number of para-hydroxylation sites is 1. The molecule has 1 fully saturated rings. The molecule has 3 rings (SSSR count). The summed E-state index contributed by atoms with van der Waals surface area (Å²) in [6.07, 6.45) is 6.13. The highest BCUT2D eigenvalue weighted by Gasteiger charge is 2.19. The van der Waals surface area contributed by atoms with E-state index in [0.29, 0.717) is 0 Å². The first-order valence-electron chi connectivity index (χ1n) is 9.82. The monoisotopic (exact) mass is 337 g/mol. The predicted molar refractivity (Wildman–Crippen MR) is 105 cm³/mol. The van der Waals surface area contributed by atoms with Gasteiger partial charge in [-0.2, -0.15) is 0 Å². The predicted octanol–water partition coefficient (Wildman–Crippen LogP) is 4.97. The minimum absolute atomic E-state index is 0.822. The van der Waals surface area contributed by atoms with Crippen molar-refractivity contribution in [1.29, 1.82) is 0 Å². The molecule has 1 aliphatic heterocycles. The van der Waals surface area contributed by atoms with Crippen LogP contribution in [0.2, 0.25) is 0 Å². The number of aryl methyl sites for hydroxylation is 1. The third-order valence-corrected chi connectivity index (χ3v) is 5.44. The zero-order valence-corrected chi connectivity index (χ0v) is 15.5. The lowest BCUT2D eigenvalue weighted by atomic mass is 9.93. The molecule has 1 aliphatic rings. The Bertz CT molecular complexity index is 617. The van der Waals surface area contributed by atoms with E-state index in [4.69, 9.17) is 4.74 Å². The van der Waals surface area contributed by atoms with Gasteiger partial charge in [0.05, 0.1) is 6.61 Å². The van der Waals surface area contributed by atoms with Crippen LogP contribution in [-0.4, -0.2) is 31.1 Å². The van der Waals surface area contributed by atoms with Gasteiger partial charge in [0, 0.05) is 6.54 Å². The van der Waals surface area contributed by atoms with Gasteiger partial charge in [-0.15, -0.1) is 0 Å². The fraction of sp³-hybridized carbons (Fsp3) is 0.478. The molecule has 0 N–H and O–H groups in total. The van der Waals surface area contributed by atoms with Crippen molar-refractivity contribution in [3.8, 4) is 5.75 Å². The molecule has 0 aliphatic carbocycles. The summed E-state index contributed by atoms with van der Waals surface area (Å²) in [6, 6.07) is 19.1. The largest absolute Gasteiger partial charge is 0.494 e. The number of rotatable bonds is 8. The third-order valence-electron chi connectivity index (χ3n) is 5.44. The summed E-state index contributed by atoms with van der Waals surface area (Å²) in [7, 11) is 0. The second-order valence-electron chi connectivity index (χ2n) is 7.11. The summed E-state index contributed by atoms with van der Waals surface area (Å²) < 4.78 is 5.85. The lowest BCUT2D eigenvalue weighted by Gasteiger charge is -2.32. The van der Waals surface area contributed by atoms with E-state index >= 15 is 0 Å². The zero-order valence-electron chi connectivity index (χ0n) is 15.5. The Kier molecular flexibility index (Phi) is 6.93. The molecule has 0 aromatic heterocycles. The number of ether oxygens (including phenoxy) is 1. The molecule has 2 heteroatoms. The van der Waals surface area contributed by atoms with Crippen LogP contribution in [0.15, 0.2) is 54.6 Å². The molecule has 2 aromatic rings. The van der Waals surface area contributed by atoms with E-state index in [2.05, 4.69) is 36.1 Å². The van der Waals surface area contributed by atoms with Crippen molar-refractivity contribution in [1.82, 2.24) is 4.90 Å². The van der Waals surface area contributed by atoms with Crippen LogP contribution in [0, 0.1) is 5.92 Å². The van der Waals surface area contributed by atoms with Gasteiger partial charge < -0.3 is 9.64 Å². The number of piperidine rings is 1. The molecule has 1 saturated heterocycles. The van der Waals surface area contributed by atoms with Crippen molar-refractivity contribution >= 4 is 0 Å². The van der Waals surface area contributed by atoms with Gasteiger partial charge in [0.15, 0.2) is 0 Å². The minimum Gasteiger partial charge on any atom is -0.494 e. The van der Waals surface area contributed by atoms with E-state index < -0.39 is 0 Å². The van der Waals surface area contributed by atoms with E-state index in [9.17, 15) is 0 Å². The first-order chi connectivity index (χ1) is 12.3. The normalized spacial score (nSPS) is 16.0. The fourth-order valence-electron chi connectivity index (χ4n) is 3.78. The van der Waals surface area contributed by atoms with Crippen LogP contribution in [-0.2, 0) is 12.8 Å². The van der Waals surface area contributed by atoms with Crippen LogP contribution in [0.3, 0.4) is 0 Å². The van der Waals surface area contributed by atoms with Crippen LogP contribution < -0.4 is 4.74 Å². The van der Waals surface area contributed by atoms with Crippen molar-refractivity contribution < 1.29 is 4.74 Å². The van der Waals surface area contributed by atoms with Gasteiger partial charge in [0.1, 0.15) is 5.75 Å². The van der Waals surface area contributed by atoms with Gasteiger partial charge in [-0.25, -0.2) is 0 Å². The smallest absolute Gasteiger partial charge is 0.119 e. The maximum absolute atomic E-state index is 5.85. The molecule has 0 bridgehead atoms. The van der Waals surface area contributed by atoms with Crippen LogP contribution in [0.25, 0.3) is 0 Å². The first kappa shape index (κ1) is 18.0. The molecule has 0 amide bonds. The highest BCUT2D eigenvalue weighted by atomic mass is 16.5. The second-order valence-corrected chi connectivity index (χ2v) is 7.11. The Morgan fingerprint density at radius 1 is 0.920 bits per heavy atom. The quantitative estimate of drug-likeness (QED) is 0.674. The molecule has 2 aromatic carbocycles. The average molecular weight is 338 g/mol. The molecule has 0 spiro atoms. The molecule has 0 radical (unpaired) electrons. The Hall–Kier alpha value is -1.80. The highest BCUT2D eigenvalue weighted by Crippen LogP contribution is 2.22. The number of nitrogens with zero attached hydrogens (tertiary/aromatic N) is 1. The maximum atomic E-state index is 5.85. The Morgan fingerprint density at radius 3 is 2.32 bits per heavy atom. The van der Waals surface area contributed by atoms with Gasteiger partial charge in [-0.1, -0.05) is 49.4 Å². The molecule has 0 atom stereocenters. The molecular weight excluding hydrogens is 306 g/mol. The number of likely N-dealkylation sites (tertiary alicyclic amines) is 1. The second kappa shape index (κ2) is 9.62. The van der Waals surface area contributed by atoms with Gasteiger partial charge in [0.2, 0.25) is 0 Å². The molecule has 0 saturated carbocycles. The van der Waals surface area contributed by atoms with E-state index in [1.54, 1.807) is 0 Å². The van der Waals surface area contributed by atoms with E-state index in [1.165, 1.54) is 56.4 Å². The Labute approximate surface area is 152 Å². The van der Waals surface area contributed by atoms with Crippen molar-refractivity contribution in [2.24, 2.45) is 5.92 Å². The molecule has 2 nitrogen and oxygen atoms in total. The fourth-order valence-corrected chi connectivity index (χ4v) is 3.78. The van der Waals surface area contributed by atoms with E-state index in [-0.39, 0.29) is 0 Å². The van der Waals surface area contributed by atoms with E-state index in [1.807, 2.05) is 30.3 Å². The van der Waals surface area contributed by atoms with Gasteiger partial charge in [0.25, 0.3) is 0 Å². The molecule has 25 heavy (non-hydrogen) atoms. The van der Waals surface area contributed by atoms with E-state index in [0.717, 1.165) is 24.7 Å². The van der Waals surface area contributed by atoms with Gasteiger partial charge in [-0.3, -0.25) is 0 Å². The zero-order chi connectivity index (χ0) is 17.3. The molecule has 134 valence electrons. The number of benzene rings is 2. The van der Waals surface area contributed by atoms with Gasteiger partial charge >= 0.3 is 0 Å². The van der Waals surface area contributed by atoms with Crippen LogP contribution in [0.4, 0.5) is 0 Å². The molecular formula is C23H31NO. The average Bonchev–Trinajstić information content (AvgIpc) is 2.68. The standard InChI is InChI=1S/C23H31NO/c1-2-21-8-6-7-9-22(21)14-18-24-16-12-20(13-17-24)15-19-25-23-10-4-3-5-11-23/h3-11,20H,2,12-19H2,1H3. The van der Waals surface area contributed by atoms with Crippen molar-refractivity contribution in [3.05, 3.63) is 65.7 Å². The molecule has 1 heterocycles. The third kappa shape index (κ3) is 5.61. The first-order valence-corrected chi connectivity index (χ1v) is 9.82. The summed E-state index contributed by atoms with van der Waals surface area (Å²) in [6.45, 7) is 6.78. The summed E-state index contributed by atoms with van der Waals surface area (Å²) in [4.78, 5) is 2.64. The van der Waals surface area contributed by atoms with Crippen LogP contribution in [0.5, 0.6) is 5.75 Å². The van der Waals surface area contributed by atoms with Crippen molar-refractivity contribution in [2.45, 2.75) is 39.0 Å². The van der Waals surface area contributed by atoms with Crippen LogP contribution in [0.1, 0.15) is 37.3 Å². The maximum Gasteiger partial charge on any atom is 0.119 e. The summed E-state index contributed by atoms with van der Waals surface area (Å²) in [5, 5.41) is 0. The lowest BCUT2D eigenvalue weighted by molar-refractivity contribution is 0.164. The SMILES string of the molecule is CCc1ccccc1CCN1CCC(CCOc2ccccc2)CC1. The molecule has 0 unspecified atom stereocenters.